The Morgan fingerprint density at radius 3 is 2.66 bits per heavy atom. The number of hydrogen-bond acceptors (Lipinski definition) is 9. The fourth-order valence-corrected chi connectivity index (χ4v) is 5.90. The Labute approximate surface area is 239 Å². The highest BCUT2D eigenvalue weighted by atomic mass is 16.6. The summed E-state index contributed by atoms with van der Waals surface area (Å²) in [5, 5.41) is 27.1. The number of ether oxygens (including phenoxy) is 1. The molecule has 1 fully saturated rings. The summed E-state index contributed by atoms with van der Waals surface area (Å²) < 4.78 is 5.66. The number of carbonyl (C=O) groups excluding carboxylic acids is 1. The van der Waals surface area contributed by atoms with Gasteiger partial charge in [0.05, 0.1) is 11.9 Å². The zero-order valence-corrected chi connectivity index (χ0v) is 23.9. The van der Waals surface area contributed by atoms with Crippen molar-refractivity contribution in [2.24, 2.45) is 0 Å². The molecule has 10 heteroatoms. The van der Waals surface area contributed by atoms with Gasteiger partial charge < -0.3 is 25.4 Å². The Hall–Kier alpha value is -4.23. The number of amides is 1. The third-order valence-corrected chi connectivity index (χ3v) is 8.26. The number of aliphatic hydroxyl groups is 1. The van der Waals surface area contributed by atoms with Gasteiger partial charge in [-0.2, -0.15) is 10.2 Å². The standard InChI is InChI=1S/C31H35N7O3/c1-5-31(40)11-10-19-6-9-24(35-25(19)31)36-26-21(15-32)16-33-27(37-26)34-22-7-8-23-20(14-22)17-38(18-30(23)12-13-30)28(39)41-29(2,3)4/h6-9,14,16,40H,5,10-13,17-18H2,1-4H3,(H2,33,34,35,36,37). The third kappa shape index (κ3) is 5.18. The van der Waals surface area contributed by atoms with Gasteiger partial charge in [-0.3, -0.25) is 0 Å². The van der Waals surface area contributed by atoms with Gasteiger partial charge in [-0.25, -0.2) is 14.8 Å². The summed E-state index contributed by atoms with van der Waals surface area (Å²) in [5.74, 6) is 1.14. The Balaban J connectivity index is 1.24. The maximum atomic E-state index is 12.9. The van der Waals surface area contributed by atoms with Crippen LogP contribution in [0.15, 0.2) is 36.5 Å². The van der Waals surface area contributed by atoms with Gasteiger partial charge >= 0.3 is 6.09 Å². The molecule has 212 valence electrons. The molecule has 2 aromatic heterocycles. The molecule has 1 atom stereocenters. The summed E-state index contributed by atoms with van der Waals surface area (Å²) in [6.07, 6.45) is 5.29. The second kappa shape index (κ2) is 9.70. The lowest BCUT2D eigenvalue weighted by Gasteiger charge is -2.36. The van der Waals surface area contributed by atoms with E-state index in [1.54, 1.807) is 4.90 Å². The predicted octanol–water partition coefficient (Wildman–Crippen LogP) is 5.56. The number of carbonyl (C=O) groups is 1. The molecule has 0 saturated heterocycles. The highest BCUT2D eigenvalue weighted by molar-refractivity contribution is 5.70. The molecule has 1 unspecified atom stereocenters. The summed E-state index contributed by atoms with van der Waals surface area (Å²) in [5.41, 5.74) is 3.63. The van der Waals surface area contributed by atoms with Crippen molar-refractivity contribution >= 4 is 29.4 Å². The summed E-state index contributed by atoms with van der Waals surface area (Å²) in [6, 6.07) is 12.1. The Bertz CT molecular complexity index is 1570. The van der Waals surface area contributed by atoms with Gasteiger partial charge in [0.25, 0.3) is 0 Å². The van der Waals surface area contributed by atoms with E-state index in [4.69, 9.17) is 4.74 Å². The van der Waals surface area contributed by atoms with Gasteiger partial charge in [-0.1, -0.05) is 19.1 Å². The van der Waals surface area contributed by atoms with Crippen LogP contribution in [0.5, 0.6) is 0 Å². The molecular formula is C31H35N7O3. The quantitative estimate of drug-likeness (QED) is 0.371. The van der Waals surface area contributed by atoms with E-state index in [-0.39, 0.29) is 17.1 Å². The number of rotatable bonds is 5. The van der Waals surface area contributed by atoms with Crippen molar-refractivity contribution in [1.82, 2.24) is 19.9 Å². The highest BCUT2D eigenvalue weighted by Gasteiger charge is 2.50. The first-order chi connectivity index (χ1) is 19.5. The van der Waals surface area contributed by atoms with Crippen molar-refractivity contribution in [1.29, 1.82) is 5.26 Å². The van der Waals surface area contributed by atoms with Crippen LogP contribution in [0.2, 0.25) is 0 Å². The van der Waals surface area contributed by atoms with E-state index < -0.39 is 11.2 Å². The molecule has 3 heterocycles. The summed E-state index contributed by atoms with van der Waals surface area (Å²) in [7, 11) is 0. The molecule has 1 aliphatic heterocycles. The van der Waals surface area contributed by atoms with Crippen LogP contribution in [0.25, 0.3) is 0 Å². The van der Waals surface area contributed by atoms with Crippen LogP contribution in [0.4, 0.5) is 28.1 Å². The third-order valence-electron chi connectivity index (χ3n) is 8.26. The Morgan fingerprint density at radius 1 is 1.15 bits per heavy atom. The molecule has 1 saturated carbocycles. The average molecular weight is 554 g/mol. The fraction of sp³-hybridized carbons (Fsp3) is 0.452. The largest absolute Gasteiger partial charge is 0.444 e. The molecular weight excluding hydrogens is 518 g/mol. The van der Waals surface area contributed by atoms with Gasteiger partial charge in [0.1, 0.15) is 28.7 Å². The number of nitriles is 1. The van der Waals surface area contributed by atoms with Gasteiger partial charge in [-0.15, -0.1) is 0 Å². The number of aryl methyl sites for hydroxylation is 1. The highest BCUT2D eigenvalue weighted by Crippen LogP contribution is 2.53. The van der Waals surface area contributed by atoms with Crippen LogP contribution in [0.1, 0.15) is 81.3 Å². The normalized spacial score (nSPS) is 20.1. The first-order valence-electron chi connectivity index (χ1n) is 14.2. The number of hydrogen-bond donors (Lipinski definition) is 3. The number of pyridine rings is 1. The molecule has 2 aliphatic carbocycles. The minimum Gasteiger partial charge on any atom is -0.444 e. The maximum absolute atomic E-state index is 12.9. The number of fused-ring (bicyclic) bond motifs is 3. The van der Waals surface area contributed by atoms with Crippen LogP contribution >= 0.6 is 0 Å². The molecule has 0 bridgehead atoms. The van der Waals surface area contributed by atoms with E-state index in [0.717, 1.165) is 36.1 Å². The molecule has 3 N–H and O–H groups in total. The van der Waals surface area contributed by atoms with Crippen molar-refractivity contribution in [3.63, 3.8) is 0 Å². The summed E-state index contributed by atoms with van der Waals surface area (Å²) in [6.45, 7) is 8.73. The minimum absolute atomic E-state index is 0.00214. The lowest BCUT2D eigenvalue weighted by atomic mass is 9.87. The Kier molecular flexibility index (Phi) is 6.38. The summed E-state index contributed by atoms with van der Waals surface area (Å²) in [4.78, 5) is 28.3. The van der Waals surface area contributed by atoms with Crippen molar-refractivity contribution in [2.45, 2.75) is 83.0 Å². The summed E-state index contributed by atoms with van der Waals surface area (Å²) >= 11 is 0. The van der Waals surface area contributed by atoms with E-state index in [2.05, 4.69) is 37.7 Å². The lowest BCUT2D eigenvalue weighted by molar-refractivity contribution is 0.0196. The monoisotopic (exact) mass is 553 g/mol. The number of nitrogens with zero attached hydrogens (tertiary/aromatic N) is 5. The Morgan fingerprint density at radius 2 is 1.95 bits per heavy atom. The molecule has 6 rings (SSSR count). The fourth-order valence-electron chi connectivity index (χ4n) is 5.90. The number of nitrogens with one attached hydrogen (secondary N) is 2. The molecule has 0 radical (unpaired) electrons. The first kappa shape index (κ1) is 27.0. The van der Waals surface area contributed by atoms with Crippen LogP contribution in [0.3, 0.4) is 0 Å². The van der Waals surface area contributed by atoms with Crippen LogP contribution in [0, 0.1) is 11.3 Å². The van der Waals surface area contributed by atoms with Crippen molar-refractivity contribution in [2.75, 3.05) is 17.2 Å². The molecule has 1 amide bonds. The molecule has 1 spiro atoms. The number of anilines is 4. The van der Waals surface area contributed by atoms with Crippen molar-refractivity contribution in [3.8, 4) is 6.07 Å². The smallest absolute Gasteiger partial charge is 0.410 e. The minimum atomic E-state index is -0.936. The average Bonchev–Trinajstić information content (AvgIpc) is 3.62. The van der Waals surface area contributed by atoms with E-state index >= 15 is 0 Å². The van der Waals surface area contributed by atoms with E-state index in [1.165, 1.54) is 11.8 Å². The van der Waals surface area contributed by atoms with Crippen molar-refractivity contribution < 1.29 is 14.6 Å². The van der Waals surface area contributed by atoms with Gasteiger partial charge in [0.2, 0.25) is 5.95 Å². The van der Waals surface area contributed by atoms with Gasteiger partial charge in [-0.05, 0) is 87.8 Å². The topological polar surface area (TPSA) is 136 Å². The zero-order valence-electron chi connectivity index (χ0n) is 23.9. The predicted molar refractivity (Wildman–Crippen MR) is 154 cm³/mol. The van der Waals surface area contributed by atoms with E-state index in [0.29, 0.717) is 49.2 Å². The van der Waals surface area contributed by atoms with Crippen LogP contribution in [-0.2, 0) is 28.7 Å². The SMILES string of the molecule is CCC1(O)CCc2ccc(Nc3nc(Nc4ccc5c(c4)CN(C(=O)OC(C)(C)C)CC54CC4)ncc3C#N)nc21. The maximum Gasteiger partial charge on any atom is 0.410 e. The second-order valence-electron chi connectivity index (χ2n) is 12.4. The van der Waals surface area contributed by atoms with Crippen LogP contribution in [-0.4, -0.2) is 43.2 Å². The molecule has 1 aromatic carbocycles. The number of aromatic nitrogens is 3. The van der Waals surface area contributed by atoms with E-state index in [1.807, 2.05) is 52.0 Å². The van der Waals surface area contributed by atoms with Gasteiger partial charge in [0.15, 0.2) is 5.82 Å². The lowest BCUT2D eigenvalue weighted by Crippen LogP contribution is -2.44. The van der Waals surface area contributed by atoms with Gasteiger partial charge in [0, 0.05) is 24.2 Å². The van der Waals surface area contributed by atoms with Crippen LogP contribution < -0.4 is 10.6 Å². The second-order valence-corrected chi connectivity index (χ2v) is 12.4. The molecule has 3 aromatic rings. The zero-order chi connectivity index (χ0) is 29.0. The number of benzene rings is 1. The first-order valence-corrected chi connectivity index (χ1v) is 14.2. The van der Waals surface area contributed by atoms with Crippen molar-refractivity contribution in [3.05, 3.63) is 64.5 Å². The molecule has 10 nitrogen and oxygen atoms in total. The van der Waals surface area contributed by atoms with E-state index in [9.17, 15) is 15.2 Å². The molecule has 41 heavy (non-hydrogen) atoms. The molecule has 3 aliphatic rings.